The second kappa shape index (κ2) is 5.07. The van der Waals surface area contributed by atoms with Crippen molar-refractivity contribution in [1.29, 1.82) is 0 Å². The van der Waals surface area contributed by atoms with Crippen LogP contribution in [-0.2, 0) is 11.3 Å². The molecule has 20 heavy (non-hydrogen) atoms. The molecule has 0 unspecified atom stereocenters. The van der Waals surface area contributed by atoms with E-state index in [-0.39, 0.29) is 0 Å². The highest BCUT2D eigenvalue weighted by molar-refractivity contribution is 5.52. The molecular formula is C18H25NO. The van der Waals surface area contributed by atoms with Crippen molar-refractivity contribution in [3.8, 4) is 0 Å². The zero-order chi connectivity index (χ0) is 13.5. The summed E-state index contributed by atoms with van der Waals surface area (Å²) in [4.78, 5) is 0. The molecule has 0 atom stereocenters. The highest BCUT2D eigenvalue weighted by atomic mass is 16.5. The molecule has 0 aliphatic heterocycles. The number of hydrogen-bond acceptors (Lipinski definition) is 2. The van der Waals surface area contributed by atoms with Crippen LogP contribution in [0.1, 0.15) is 37.7 Å². The first-order valence-electron chi connectivity index (χ1n) is 8.17. The lowest BCUT2D eigenvalue weighted by atomic mass is 9.54. The van der Waals surface area contributed by atoms with E-state index in [1.165, 1.54) is 43.4 Å². The molecular weight excluding hydrogens is 246 g/mol. The van der Waals surface area contributed by atoms with Crippen LogP contribution in [-0.4, -0.2) is 13.2 Å². The summed E-state index contributed by atoms with van der Waals surface area (Å²) in [7, 11) is 1.78. The number of ether oxygens (including phenoxy) is 1. The Morgan fingerprint density at radius 1 is 1.00 bits per heavy atom. The molecule has 0 heterocycles. The molecule has 2 heteroatoms. The minimum atomic E-state index is 0.705. The third-order valence-electron chi connectivity index (χ3n) is 5.87. The number of rotatable bonds is 4. The molecule has 4 aliphatic carbocycles. The number of para-hydroxylation sites is 1. The summed E-state index contributed by atoms with van der Waals surface area (Å²) in [5.41, 5.74) is 2.59. The minimum Gasteiger partial charge on any atom is -0.381 e. The second-order valence-electron chi connectivity index (χ2n) is 7.19. The molecule has 1 aromatic carbocycles. The summed E-state index contributed by atoms with van der Waals surface area (Å²) in [6.07, 6.45) is 7.41. The predicted molar refractivity (Wildman–Crippen MR) is 81.6 cm³/mol. The van der Waals surface area contributed by atoms with E-state index in [9.17, 15) is 0 Å². The van der Waals surface area contributed by atoms with Crippen molar-refractivity contribution in [3.05, 3.63) is 29.8 Å². The SMILES string of the molecule is COCc1ccccc1NC1C2CC3CC(C2)CC1C3. The summed E-state index contributed by atoms with van der Waals surface area (Å²) in [5, 5.41) is 3.90. The molecule has 0 aromatic heterocycles. The first-order valence-corrected chi connectivity index (χ1v) is 8.17. The van der Waals surface area contributed by atoms with Crippen LogP contribution < -0.4 is 5.32 Å². The number of anilines is 1. The fourth-order valence-electron chi connectivity index (χ4n) is 5.28. The van der Waals surface area contributed by atoms with Crippen molar-refractivity contribution in [2.75, 3.05) is 12.4 Å². The van der Waals surface area contributed by atoms with Crippen LogP contribution in [0.5, 0.6) is 0 Å². The van der Waals surface area contributed by atoms with E-state index in [0.717, 1.165) is 23.7 Å². The monoisotopic (exact) mass is 271 g/mol. The summed E-state index contributed by atoms with van der Waals surface area (Å²) >= 11 is 0. The highest BCUT2D eigenvalue weighted by Gasteiger charge is 2.48. The normalized spacial score (nSPS) is 38.1. The topological polar surface area (TPSA) is 21.3 Å². The fraction of sp³-hybridized carbons (Fsp3) is 0.667. The van der Waals surface area contributed by atoms with Crippen molar-refractivity contribution in [3.63, 3.8) is 0 Å². The Labute approximate surface area is 121 Å². The summed E-state index contributed by atoms with van der Waals surface area (Å²) in [5.74, 6) is 3.93. The van der Waals surface area contributed by atoms with Gasteiger partial charge >= 0.3 is 0 Å². The van der Waals surface area contributed by atoms with Gasteiger partial charge in [-0.2, -0.15) is 0 Å². The molecule has 4 bridgehead atoms. The summed E-state index contributed by atoms with van der Waals surface area (Å²) in [6.45, 7) is 0.705. The summed E-state index contributed by atoms with van der Waals surface area (Å²) < 4.78 is 5.34. The maximum Gasteiger partial charge on any atom is 0.0733 e. The van der Waals surface area contributed by atoms with Crippen molar-refractivity contribution >= 4 is 5.69 Å². The number of hydrogen-bond donors (Lipinski definition) is 1. The van der Waals surface area contributed by atoms with Crippen molar-refractivity contribution in [2.24, 2.45) is 23.7 Å². The van der Waals surface area contributed by atoms with E-state index in [2.05, 4.69) is 29.6 Å². The third-order valence-corrected chi connectivity index (χ3v) is 5.87. The maximum absolute atomic E-state index is 5.34. The average Bonchev–Trinajstić information content (AvgIpc) is 2.44. The minimum absolute atomic E-state index is 0.705. The van der Waals surface area contributed by atoms with E-state index < -0.39 is 0 Å². The molecule has 108 valence electrons. The van der Waals surface area contributed by atoms with E-state index in [1.807, 2.05) is 0 Å². The van der Waals surface area contributed by atoms with Crippen LogP contribution in [0.2, 0.25) is 0 Å². The number of benzene rings is 1. The first-order chi connectivity index (χ1) is 9.83. The molecule has 1 aromatic rings. The van der Waals surface area contributed by atoms with E-state index in [0.29, 0.717) is 12.6 Å². The van der Waals surface area contributed by atoms with Gasteiger partial charge in [0, 0.05) is 24.4 Å². The van der Waals surface area contributed by atoms with Crippen LogP contribution in [0.15, 0.2) is 24.3 Å². The standard InChI is InChI=1S/C18H25NO/c1-20-11-14-4-2-3-5-17(14)19-18-15-7-12-6-13(9-15)10-16(18)8-12/h2-5,12-13,15-16,18-19H,6-11H2,1H3. The Hall–Kier alpha value is -1.02. The van der Waals surface area contributed by atoms with Gasteiger partial charge < -0.3 is 10.1 Å². The van der Waals surface area contributed by atoms with Gasteiger partial charge in [0.1, 0.15) is 0 Å². The molecule has 1 N–H and O–H groups in total. The Kier molecular flexibility index (Phi) is 3.22. The first kappa shape index (κ1) is 12.7. The van der Waals surface area contributed by atoms with Gasteiger partial charge in [-0.3, -0.25) is 0 Å². The lowest BCUT2D eigenvalue weighted by Crippen LogP contribution is -2.51. The van der Waals surface area contributed by atoms with Gasteiger partial charge in [0.2, 0.25) is 0 Å². The Morgan fingerprint density at radius 2 is 1.65 bits per heavy atom. The molecule has 4 aliphatic rings. The molecule has 0 saturated heterocycles. The van der Waals surface area contributed by atoms with Gasteiger partial charge in [-0.15, -0.1) is 0 Å². The molecule has 2 nitrogen and oxygen atoms in total. The Bertz CT molecular complexity index is 456. The van der Waals surface area contributed by atoms with E-state index in [1.54, 1.807) is 7.11 Å². The third kappa shape index (κ3) is 2.14. The van der Waals surface area contributed by atoms with Crippen LogP contribution >= 0.6 is 0 Å². The van der Waals surface area contributed by atoms with Crippen molar-refractivity contribution < 1.29 is 4.74 Å². The zero-order valence-electron chi connectivity index (χ0n) is 12.3. The average molecular weight is 271 g/mol. The van der Waals surface area contributed by atoms with Crippen LogP contribution in [0.3, 0.4) is 0 Å². The zero-order valence-corrected chi connectivity index (χ0v) is 12.3. The molecule has 0 radical (unpaired) electrons. The van der Waals surface area contributed by atoms with E-state index in [4.69, 9.17) is 4.74 Å². The van der Waals surface area contributed by atoms with Crippen LogP contribution in [0, 0.1) is 23.7 Å². The van der Waals surface area contributed by atoms with Gasteiger partial charge in [0.25, 0.3) is 0 Å². The molecule has 0 amide bonds. The lowest BCUT2D eigenvalue weighted by molar-refractivity contribution is 0.00747. The number of nitrogens with one attached hydrogen (secondary N) is 1. The molecule has 4 fully saturated rings. The van der Waals surface area contributed by atoms with Gasteiger partial charge in [-0.25, -0.2) is 0 Å². The van der Waals surface area contributed by atoms with Crippen molar-refractivity contribution in [1.82, 2.24) is 0 Å². The fourth-order valence-corrected chi connectivity index (χ4v) is 5.28. The van der Waals surface area contributed by atoms with Crippen LogP contribution in [0.25, 0.3) is 0 Å². The van der Waals surface area contributed by atoms with Crippen LogP contribution in [0.4, 0.5) is 5.69 Å². The maximum atomic E-state index is 5.34. The quantitative estimate of drug-likeness (QED) is 0.891. The predicted octanol–water partition coefficient (Wildman–Crippen LogP) is 4.07. The largest absolute Gasteiger partial charge is 0.381 e. The molecule has 4 saturated carbocycles. The lowest BCUT2D eigenvalue weighted by Gasteiger charge is -2.54. The molecule has 0 spiro atoms. The Balaban J connectivity index is 1.54. The van der Waals surface area contributed by atoms with Crippen molar-refractivity contribution in [2.45, 2.75) is 44.8 Å². The van der Waals surface area contributed by atoms with Gasteiger partial charge in [0.05, 0.1) is 6.61 Å². The smallest absolute Gasteiger partial charge is 0.0733 e. The summed E-state index contributed by atoms with van der Waals surface area (Å²) in [6, 6.07) is 9.36. The van der Waals surface area contributed by atoms with Gasteiger partial charge in [-0.1, -0.05) is 18.2 Å². The van der Waals surface area contributed by atoms with Gasteiger partial charge in [0.15, 0.2) is 0 Å². The Morgan fingerprint density at radius 3 is 2.30 bits per heavy atom. The second-order valence-corrected chi connectivity index (χ2v) is 7.19. The van der Waals surface area contributed by atoms with E-state index >= 15 is 0 Å². The highest BCUT2D eigenvalue weighted by Crippen LogP contribution is 2.54. The number of methoxy groups -OCH3 is 1. The molecule has 5 rings (SSSR count). The van der Waals surface area contributed by atoms with Gasteiger partial charge in [-0.05, 0) is 61.8 Å².